The van der Waals surface area contributed by atoms with Crippen molar-refractivity contribution in [3.8, 4) is 5.75 Å². The Morgan fingerprint density at radius 1 is 1.38 bits per heavy atom. The number of hydrogen-bond acceptors (Lipinski definition) is 5. The van der Waals surface area contributed by atoms with Gasteiger partial charge in [0.2, 0.25) is 0 Å². The number of carbonyl (C=O) groups is 1. The molecule has 1 unspecified atom stereocenters. The second-order valence-corrected chi connectivity index (χ2v) is 6.19. The molecule has 0 spiro atoms. The van der Waals surface area contributed by atoms with Gasteiger partial charge in [-0.2, -0.15) is 0 Å². The Balaban J connectivity index is 1.72. The van der Waals surface area contributed by atoms with Gasteiger partial charge in [-0.1, -0.05) is 17.7 Å². The molecule has 0 bridgehead atoms. The molecule has 3 atom stereocenters. The van der Waals surface area contributed by atoms with Gasteiger partial charge in [0.25, 0.3) is 0 Å². The van der Waals surface area contributed by atoms with Crippen molar-refractivity contribution in [2.75, 3.05) is 19.0 Å². The van der Waals surface area contributed by atoms with Gasteiger partial charge in [0.1, 0.15) is 17.8 Å². The number of carbonyl (C=O) groups excluding carboxylic acids is 1. The molecule has 4 N–H and O–H groups in total. The molecule has 3 rings (SSSR count). The Bertz CT molecular complexity index is 785. The van der Waals surface area contributed by atoms with E-state index < -0.39 is 30.0 Å². The lowest BCUT2D eigenvalue weighted by Crippen LogP contribution is -2.47. The Kier molecular flexibility index (Phi) is 5.34. The minimum absolute atomic E-state index is 0.162. The van der Waals surface area contributed by atoms with Crippen LogP contribution in [0.5, 0.6) is 5.75 Å². The van der Waals surface area contributed by atoms with Crippen molar-refractivity contribution >= 4 is 11.7 Å². The predicted octanol–water partition coefficient (Wildman–Crippen LogP) is 1.73. The summed E-state index contributed by atoms with van der Waals surface area (Å²) < 4.78 is 19.3. The summed E-state index contributed by atoms with van der Waals surface area (Å²) in [5.74, 6) is -0.755. The number of hydrogen-bond donors (Lipinski definition) is 4. The lowest BCUT2D eigenvalue weighted by molar-refractivity contribution is 0.128. The third kappa shape index (κ3) is 3.92. The SMILES string of the molecule is COc1cnc([C@@H]2CNC(O)[C@H]2NC(=O)Nc2ccc(C)cc2)c(F)c1. The molecular weight excluding hydrogens is 339 g/mol. The second-order valence-electron chi connectivity index (χ2n) is 6.19. The van der Waals surface area contributed by atoms with Gasteiger partial charge in [-0.05, 0) is 19.1 Å². The number of pyridine rings is 1. The van der Waals surface area contributed by atoms with Gasteiger partial charge in [-0.3, -0.25) is 10.3 Å². The number of amides is 2. The van der Waals surface area contributed by atoms with E-state index in [0.717, 1.165) is 5.56 Å². The lowest BCUT2D eigenvalue weighted by Gasteiger charge is -2.22. The fourth-order valence-electron chi connectivity index (χ4n) is 2.94. The maximum Gasteiger partial charge on any atom is 0.319 e. The van der Waals surface area contributed by atoms with Crippen LogP contribution in [0, 0.1) is 12.7 Å². The van der Waals surface area contributed by atoms with Crippen molar-refractivity contribution in [3.05, 3.63) is 53.6 Å². The maximum absolute atomic E-state index is 14.3. The summed E-state index contributed by atoms with van der Waals surface area (Å²) in [7, 11) is 1.43. The quantitative estimate of drug-likeness (QED) is 0.666. The van der Waals surface area contributed by atoms with Gasteiger partial charge in [-0.25, -0.2) is 9.18 Å². The molecule has 2 heterocycles. The van der Waals surface area contributed by atoms with Crippen LogP contribution in [0.1, 0.15) is 17.2 Å². The number of nitrogens with one attached hydrogen (secondary N) is 3. The number of halogens is 1. The van der Waals surface area contributed by atoms with Gasteiger partial charge in [0.05, 0.1) is 25.0 Å². The number of aryl methyl sites for hydroxylation is 1. The predicted molar refractivity (Wildman–Crippen MR) is 94.6 cm³/mol. The number of benzene rings is 1. The topological polar surface area (TPSA) is 95.5 Å². The molecule has 1 fully saturated rings. The highest BCUT2D eigenvalue weighted by Gasteiger charge is 2.39. The van der Waals surface area contributed by atoms with E-state index in [9.17, 15) is 14.3 Å². The summed E-state index contributed by atoms with van der Waals surface area (Å²) >= 11 is 0. The monoisotopic (exact) mass is 360 g/mol. The van der Waals surface area contributed by atoms with Crippen molar-refractivity contribution in [1.29, 1.82) is 0 Å². The number of aliphatic hydroxyl groups is 1. The normalized spacial score (nSPS) is 22.1. The summed E-state index contributed by atoms with van der Waals surface area (Å²) in [6, 6.07) is 7.33. The Labute approximate surface area is 150 Å². The lowest BCUT2D eigenvalue weighted by atomic mass is 9.97. The molecule has 1 aromatic heterocycles. The number of nitrogens with zero attached hydrogens (tertiary/aromatic N) is 1. The zero-order valence-corrected chi connectivity index (χ0v) is 14.5. The van der Waals surface area contributed by atoms with Crippen molar-refractivity contribution in [2.24, 2.45) is 0 Å². The zero-order chi connectivity index (χ0) is 18.7. The first kappa shape index (κ1) is 18.1. The van der Waals surface area contributed by atoms with E-state index in [-0.39, 0.29) is 12.2 Å². The standard InChI is InChI=1S/C18H21FN4O3/c1-10-3-5-11(6-4-10)22-18(25)23-16-13(9-21-17(16)24)15-14(19)7-12(26-2)8-20-15/h3-8,13,16-17,21,24H,9H2,1-2H3,(H2,22,23,25)/t13-,16-,17?/m0/s1. The van der Waals surface area contributed by atoms with Gasteiger partial charge in [0, 0.05) is 24.2 Å². The highest BCUT2D eigenvalue weighted by Crippen LogP contribution is 2.28. The number of anilines is 1. The smallest absolute Gasteiger partial charge is 0.319 e. The van der Waals surface area contributed by atoms with Crippen LogP contribution in [0.3, 0.4) is 0 Å². The van der Waals surface area contributed by atoms with Crippen LogP contribution in [0.25, 0.3) is 0 Å². The summed E-state index contributed by atoms with van der Waals surface area (Å²) in [5.41, 5.74) is 1.86. The van der Waals surface area contributed by atoms with E-state index in [1.165, 1.54) is 19.4 Å². The van der Waals surface area contributed by atoms with Crippen molar-refractivity contribution in [3.63, 3.8) is 0 Å². The molecule has 0 aliphatic carbocycles. The molecule has 138 valence electrons. The molecule has 1 saturated heterocycles. The molecular formula is C18H21FN4O3. The van der Waals surface area contributed by atoms with E-state index in [1.807, 2.05) is 19.1 Å². The van der Waals surface area contributed by atoms with E-state index in [2.05, 4.69) is 20.9 Å². The van der Waals surface area contributed by atoms with Crippen LogP contribution < -0.4 is 20.7 Å². The molecule has 0 radical (unpaired) electrons. The number of methoxy groups -OCH3 is 1. The Morgan fingerprint density at radius 2 is 2.12 bits per heavy atom. The van der Waals surface area contributed by atoms with Crippen molar-refractivity contribution in [1.82, 2.24) is 15.6 Å². The average Bonchev–Trinajstić information content (AvgIpc) is 2.97. The van der Waals surface area contributed by atoms with Crippen LogP contribution in [-0.4, -0.2) is 42.0 Å². The van der Waals surface area contributed by atoms with Gasteiger partial charge < -0.3 is 20.5 Å². The largest absolute Gasteiger partial charge is 0.495 e. The second kappa shape index (κ2) is 7.67. The fraction of sp³-hybridized carbons (Fsp3) is 0.333. The first-order valence-electron chi connectivity index (χ1n) is 8.23. The minimum Gasteiger partial charge on any atom is -0.495 e. The maximum atomic E-state index is 14.3. The molecule has 8 heteroatoms. The van der Waals surface area contributed by atoms with Crippen LogP contribution in [0.4, 0.5) is 14.9 Å². The van der Waals surface area contributed by atoms with Crippen LogP contribution in [-0.2, 0) is 0 Å². The number of aromatic nitrogens is 1. The summed E-state index contributed by atoms with van der Waals surface area (Å²) in [6.45, 7) is 2.23. The molecule has 2 amide bonds. The number of urea groups is 1. The summed E-state index contributed by atoms with van der Waals surface area (Å²) in [6.07, 6.45) is 0.402. The zero-order valence-electron chi connectivity index (χ0n) is 14.5. The van der Waals surface area contributed by atoms with E-state index in [4.69, 9.17) is 4.74 Å². The number of ether oxygens (including phenoxy) is 1. The van der Waals surface area contributed by atoms with Crippen molar-refractivity contribution < 1.29 is 19.0 Å². The molecule has 26 heavy (non-hydrogen) atoms. The molecule has 2 aromatic rings. The van der Waals surface area contributed by atoms with Gasteiger partial charge in [0.15, 0.2) is 0 Å². The third-order valence-corrected chi connectivity index (χ3v) is 4.36. The van der Waals surface area contributed by atoms with Gasteiger partial charge in [-0.15, -0.1) is 0 Å². The van der Waals surface area contributed by atoms with Gasteiger partial charge >= 0.3 is 6.03 Å². The Hall–Kier alpha value is -2.71. The molecule has 1 aromatic carbocycles. The third-order valence-electron chi connectivity index (χ3n) is 4.36. The van der Waals surface area contributed by atoms with Crippen molar-refractivity contribution in [2.45, 2.75) is 25.1 Å². The first-order valence-corrected chi connectivity index (χ1v) is 8.23. The summed E-state index contributed by atoms with van der Waals surface area (Å²) in [4.78, 5) is 16.4. The molecule has 1 aliphatic rings. The Morgan fingerprint density at radius 3 is 2.77 bits per heavy atom. The number of aliphatic hydroxyl groups excluding tert-OH is 1. The van der Waals surface area contributed by atoms with E-state index >= 15 is 0 Å². The number of rotatable bonds is 4. The van der Waals surface area contributed by atoms with E-state index in [1.54, 1.807) is 12.1 Å². The molecule has 0 saturated carbocycles. The fourth-order valence-corrected chi connectivity index (χ4v) is 2.94. The molecule has 1 aliphatic heterocycles. The van der Waals surface area contributed by atoms with E-state index in [0.29, 0.717) is 11.4 Å². The van der Waals surface area contributed by atoms with Crippen LogP contribution >= 0.6 is 0 Å². The highest BCUT2D eigenvalue weighted by atomic mass is 19.1. The molecule has 7 nitrogen and oxygen atoms in total. The van der Waals surface area contributed by atoms with Crippen LogP contribution in [0.2, 0.25) is 0 Å². The summed E-state index contributed by atoms with van der Waals surface area (Å²) in [5, 5.41) is 18.4. The first-order chi connectivity index (χ1) is 12.5. The highest BCUT2D eigenvalue weighted by molar-refractivity contribution is 5.89. The van der Waals surface area contributed by atoms with Crippen LogP contribution in [0.15, 0.2) is 36.5 Å². The average molecular weight is 360 g/mol. The minimum atomic E-state index is -1.01.